The molecule has 4 nitrogen and oxygen atoms in total. The maximum Gasteiger partial charge on any atom is 0.258 e. The van der Waals surface area contributed by atoms with Crippen molar-refractivity contribution in [1.29, 1.82) is 0 Å². The third-order valence-corrected chi connectivity index (χ3v) is 4.16. The molecule has 0 aromatic heterocycles. The Kier molecular flexibility index (Phi) is 4.84. The van der Waals surface area contributed by atoms with Gasteiger partial charge in [0.15, 0.2) is 12.4 Å². The van der Waals surface area contributed by atoms with Crippen molar-refractivity contribution in [1.82, 2.24) is 5.32 Å². The van der Waals surface area contributed by atoms with Crippen molar-refractivity contribution in [2.75, 3.05) is 6.61 Å². The Morgan fingerprint density at radius 2 is 2.09 bits per heavy atom. The van der Waals surface area contributed by atoms with Gasteiger partial charge in [-0.15, -0.1) is 0 Å². The molecule has 1 aliphatic rings. The fourth-order valence-electron chi connectivity index (χ4n) is 2.55. The van der Waals surface area contributed by atoms with Crippen molar-refractivity contribution >= 4 is 11.7 Å². The lowest BCUT2D eigenvalue weighted by molar-refractivity contribution is -0.124. The van der Waals surface area contributed by atoms with Crippen LogP contribution in [0.4, 0.5) is 4.39 Å². The summed E-state index contributed by atoms with van der Waals surface area (Å²) in [5.74, 6) is -0.315. The summed E-state index contributed by atoms with van der Waals surface area (Å²) in [6.07, 6.45) is 0.281. The number of carbonyl (C=O) groups excluding carboxylic acids is 2. The second-order valence-electron chi connectivity index (χ2n) is 6.25. The first-order valence-electron chi connectivity index (χ1n) is 7.59. The molecular formula is C17H22FNO3. The number of amides is 1. The molecule has 0 radical (unpaired) electrons. The van der Waals surface area contributed by atoms with E-state index < -0.39 is 5.82 Å². The number of hydrogen-bond donors (Lipinski definition) is 1. The van der Waals surface area contributed by atoms with Crippen molar-refractivity contribution in [3.8, 4) is 5.75 Å². The normalized spacial score (nSPS) is 18.3. The number of hydrogen-bond acceptors (Lipinski definition) is 3. The molecule has 1 amide bonds. The van der Waals surface area contributed by atoms with E-state index in [2.05, 4.69) is 5.32 Å². The van der Waals surface area contributed by atoms with Gasteiger partial charge in [0, 0.05) is 18.0 Å². The van der Waals surface area contributed by atoms with Crippen LogP contribution in [0.3, 0.4) is 0 Å². The quantitative estimate of drug-likeness (QED) is 0.909. The molecule has 1 aromatic carbocycles. The second-order valence-corrected chi connectivity index (χ2v) is 6.25. The predicted octanol–water partition coefficient (Wildman–Crippen LogP) is 3.06. The van der Waals surface area contributed by atoms with Crippen molar-refractivity contribution in [2.24, 2.45) is 5.92 Å². The zero-order valence-corrected chi connectivity index (χ0v) is 13.4. The average molecular weight is 307 g/mol. The minimum Gasteiger partial charge on any atom is -0.483 e. The van der Waals surface area contributed by atoms with Crippen LogP contribution in [0.2, 0.25) is 0 Å². The number of ketones is 1. The number of fused-ring (bicyclic) bond motifs is 1. The standard InChI is InChI=1S/C17H22FNO3/c1-9(2)11(4)19-15(21)8-22-14-6-5-12(18)16-10(3)7-13(20)17(14)16/h5-6,9-11H,7-8H2,1-4H3,(H,19,21). The lowest BCUT2D eigenvalue weighted by atomic mass is 10.0. The van der Waals surface area contributed by atoms with Gasteiger partial charge in [-0.3, -0.25) is 9.59 Å². The lowest BCUT2D eigenvalue weighted by Crippen LogP contribution is -2.39. The van der Waals surface area contributed by atoms with Gasteiger partial charge in [-0.1, -0.05) is 20.8 Å². The molecule has 2 atom stereocenters. The first kappa shape index (κ1) is 16.5. The van der Waals surface area contributed by atoms with Gasteiger partial charge in [-0.25, -0.2) is 4.39 Å². The number of carbonyl (C=O) groups is 2. The van der Waals surface area contributed by atoms with Crippen LogP contribution in [-0.4, -0.2) is 24.3 Å². The Balaban J connectivity index is 2.09. The number of rotatable bonds is 5. The maximum absolute atomic E-state index is 13.9. The summed E-state index contributed by atoms with van der Waals surface area (Å²) in [7, 11) is 0. The van der Waals surface area contributed by atoms with Crippen LogP contribution in [0.1, 0.15) is 56.0 Å². The Labute approximate surface area is 130 Å². The highest BCUT2D eigenvalue weighted by molar-refractivity contribution is 6.03. The first-order valence-corrected chi connectivity index (χ1v) is 7.59. The Morgan fingerprint density at radius 1 is 1.41 bits per heavy atom. The van der Waals surface area contributed by atoms with E-state index in [1.807, 2.05) is 27.7 Å². The summed E-state index contributed by atoms with van der Waals surface area (Å²) in [4.78, 5) is 23.9. The van der Waals surface area contributed by atoms with Gasteiger partial charge in [-0.2, -0.15) is 0 Å². The molecule has 0 bridgehead atoms. The fraction of sp³-hybridized carbons (Fsp3) is 0.529. The minimum atomic E-state index is -0.390. The van der Waals surface area contributed by atoms with Gasteiger partial charge < -0.3 is 10.1 Å². The molecule has 1 aliphatic carbocycles. The number of ether oxygens (including phenoxy) is 1. The third-order valence-electron chi connectivity index (χ3n) is 4.16. The topological polar surface area (TPSA) is 55.4 Å². The monoisotopic (exact) mass is 307 g/mol. The first-order chi connectivity index (χ1) is 10.3. The Hall–Kier alpha value is -1.91. The molecule has 0 aliphatic heterocycles. The van der Waals surface area contributed by atoms with E-state index in [1.165, 1.54) is 12.1 Å². The van der Waals surface area contributed by atoms with Gasteiger partial charge in [0.1, 0.15) is 11.6 Å². The lowest BCUT2D eigenvalue weighted by Gasteiger charge is -2.18. The highest BCUT2D eigenvalue weighted by Gasteiger charge is 2.32. The number of Topliss-reactive ketones (excluding diaryl/α,β-unsaturated/α-hetero) is 1. The molecule has 5 heteroatoms. The van der Waals surface area contributed by atoms with Crippen LogP contribution in [0, 0.1) is 11.7 Å². The highest BCUT2D eigenvalue weighted by Crippen LogP contribution is 2.39. The van der Waals surface area contributed by atoms with E-state index in [9.17, 15) is 14.0 Å². The number of halogens is 1. The molecule has 1 aromatic rings. The zero-order chi connectivity index (χ0) is 16.4. The summed E-state index contributed by atoms with van der Waals surface area (Å²) in [6.45, 7) is 7.57. The molecule has 0 saturated carbocycles. The van der Waals surface area contributed by atoms with Crippen LogP contribution >= 0.6 is 0 Å². The average Bonchev–Trinajstić information content (AvgIpc) is 2.74. The summed E-state index contributed by atoms with van der Waals surface area (Å²) >= 11 is 0. The minimum absolute atomic E-state index is 0.0386. The van der Waals surface area contributed by atoms with Crippen molar-refractivity contribution in [3.05, 3.63) is 29.1 Å². The fourth-order valence-corrected chi connectivity index (χ4v) is 2.55. The van der Waals surface area contributed by atoms with Crippen LogP contribution in [0.25, 0.3) is 0 Å². The highest BCUT2D eigenvalue weighted by atomic mass is 19.1. The Morgan fingerprint density at radius 3 is 2.73 bits per heavy atom. The van der Waals surface area contributed by atoms with Gasteiger partial charge >= 0.3 is 0 Å². The van der Waals surface area contributed by atoms with Gasteiger partial charge in [0.2, 0.25) is 0 Å². The van der Waals surface area contributed by atoms with E-state index in [0.717, 1.165) is 0 Å². The molecule has 120 valence electrons. The van der Waals surface area contributed by atoms with Crippen LogP contribution in [0.5, 0.6) is 5.75 Å². The summed E-state index contributed by atoms with van der Waals surface area (Å²) < 4.78 is 19.3. The molecule has 0 saturated heterocycles. The summed E-state index contributed by atoms with van der Waals surface area (Å²) in [5.41, 5.74) is 0.690. The number of benzene rings is 1. The second kappa shape index (κ2) is 6.46. The van der Waals surface area contributed by atoms with E-state index in [4.69, 9.17) is 4.74 Å². The maximum atomic E-state index is 13.9. The van der Waals surface area contributed by atoms with Crippen LogP contribution in [0.15, 0.2) is 12.1 Å². The zero-order valence-electron chi connectivity index (χ0n) is 13.4. The number of nitrogens with one attached hydrogen (secondary N) is 1. The molecular weight excluding hydrogens is 285 g/mol. The van der Waals surface area contributed by atoms with Crippen LogP contribution < -0.4 is 10.1 Å². The molecule has 0 fully saturated rings. The molecule has 0 heterocycles. The van der Waals surface area contributed by atoms with Crippen molar-refractivity contribution in [3.63, 3.8) is 0 Å². The van der Waals surface area contributed by atoms with E-state index in [0.29, 0.717) is 11.5 Å². The Bertz CT molecular complexity index is 598. The molecule has 2 unspecified atom stereocenters. The van der Waals surface area contributed by atoms with Gasteiger partial charge in [-0.05, 0) is 30.9 Å². The van der Waals surface area contributed by atoms with Crippen molar-refractivity contribution < 1.29 is 18.7 Å². The largest absolute Gasteiger partial charge is 0.483 e. The third kappa shape index (κ3) is 3.29. The van der Waals surface area contributed by atoms with Crippen molar-refractivity contribution in [2.45, 2.75) is 46.1 Å². The van der Waals surface area contributed by atoms with Gasteiger partial charge in [0.05, 0.1) is 5.56 Å². The van der Waals surface area contributed by atoms with E-state index in [-0.39, 0.29) is 48.0 Å². The van der Waals surface area contributed by atoms with Crippen LogP contribution in [-0.2, 0) is 4.79 Å². The molecule has 2 rings (SSSR count). The molecule has 1 N–H and O–H groups in total. The van der Waals surface area contributed by atoms with Gasteiger partial charge in [0.25, 0.3) is 5.91 Å². The summed E-state index contributed by atoms with van der Waals surface area (Å²) in [5, 5.41) is 2.83. The summed E-state index contributed by atoms with van der Waals surface area (Å²) in [6, 6.07) is 2.75. The van der Waals surface area contributed by atoms with E-state index in [1.54, 1.807) is 0 Å². The molecule has 22 heavy (non-hydrogen) atoms. The SMILES string of the molecule is CC1CC(=O)c2c(OCC(=O)NC(C)C(C)C)ccc(F)c21. The predicted molar refractivity (Wildman–Crippen MR) is 81.7 cm³/mol. The molecule has 0 spiro atoms. The smallest absolute Gasteiger partial charge is 0.258 e. The van der Waals surface area contributed by atoms with E-state index >= 15 is 0 Å².